The highest BCUT2D eigenvalue weighted by molar-refractivity contribution is 5.54. The molecular formula is C20H23N5O2. The zero-order valence-corrected chi connectivity index (χ0v) is 15.4. The molecule has 0 bridgehead atoms. The van der Waals surface area contributed by atoms with Gasteiger partial charge in [-0.2, -0.15) is 0 Å². The molecule has 3 heterocycles. The molecule has 7 heteroatoms. The zero-order valence-electron chi connectivity index (χ0n) is 15.4. The maximum atomic E-state index is 12.0. The number of hydrogen-bond donors (Lipinski definition) is 1. The van der Waals surface area contributed by atoms with Gasteiger partial charge in [-0.15, -0.1) is 0 Å². The summed E-state index contributed by atoms with van der Waals surface area (Å²) in [6.45, 7) is 7.19. The molecule has 1 aliphatic heterocycles. The van der Waals surface area contributed by atoms with Crippen LogP contribution in [0.5, 0.6) is 0 Å². The number of nitrogens with zero attached hydrogens (tertiary/aromatic N) is 4. The highest BCUT2D eigenvalue weighted by Gasteiger charge is 2.19. The van der Waals surface area contributed by atoms with Crippen LogP contribution in [0.1, 0.15) is 17.1 Å². The van der Waals surface area contributed by atoms with E-state index in [-0.39, 0.29) is 5.56 Å². The Labute approximate surface area is 157 Å². The molecular weight excluding hydrogens is 342 g/mol. The van der Waals surface area contributed by atoms with Crippen molar-refractivity contribution in [1.29, 1.82) is 0 Å². The van der Waals surface area contributed by atoms with Crippen LogP contribution in [0.4, 0.5) is 0 Å². The number of nitrogens with one attached hydrogen (secondary N) is 1. The summed E-state index contributed by atoms with van der Waals surface area (Å²) in [6, 6.07) is 13.3. The molecule has 0 radical (unpaired) electrons. The zero-order chi connectivity index (χ0) is 18.6. The van der Waals surface area contributed by atoms with Crippen LogP contribution in [0.2, 0.25) is 0 Å². The van der Waals surface area contributed by atoms with Gasteiger partial charge in [-0.05, 0) is 6.92 Å². The van der Waals surface area contributed by atoms with Crippen molar-refractivity contribution >= 4 is 0 Å². The fraction of sp³-hybridized carbons (Fsp3) is 0.350. The van der Waals surface area contributed by atoms with E-state index in [2.05, 4.69) is 24.9 Å². The molecule has 4 rings (SSSR count). The van der Waals surface area contributed by atoms with Crippen LogP contribution in [0, 0.1) is 6.92 Å². The molecule has 1 aliphatic rings. The van der Waals surface area contributed by atoms with E-state index in [1.165, 1.54) is 0 Å². The van der Waals surface area contributed by atoms with Crippen molar-refractivity contribution in [2.24, 2.45) is 0 Å². The maximum Gasteiger partial charge on any atom is 0.251 e. The Balaban J connectivity index is 1.37. The molecule has 0 spiro atoms. The Hall–Kier alpha value is -2.77. The monoisotopic (exact) mass is 365 g/mol. The number of H-pyrrole nitrogens is 1. The second-order valence-corrected chi connectivity index (χ2v) is 6.93. The summed E-state index contributed by atoms with van der Waals surface area (Å²) in [5.41, 5.74) is 2.59. The number of hydrogen-bond acceptors (Lipinski definition) is 6. The van der Waals surface area contributed by atoms with E-state index in [0.717, 1.165) is 55.4 Å². The van der Waals surface area contributed by atoms with Crippen molar-refractivity contribution in [2.45, 2.75) is 20.0 Å². The van der Waals surface area contributed by atoms with E-state index in [0.29, 0.717) is 12.4 Å². The fourth-order valence-electron chi connectivity index (χ4n) is 3.38. The van der Waals surface area contributed by atoms with Crippen molar-refractivity contribution < 1.29 is 4.52 Å². The first-order valence-electron chi connectivity index (χ1n) is 9.18. The highest BCUT2D eigenvalue weighted by atomic mass is 16.5. The molecule has 7 nitrogen and oxygen atoms in total. The predicted molar refractivity (Wildman–Crippen MR) is 102 cm³/mol. The van der Waals surface area contributed by atoms with E-state index in [1.807, 2.05) is 43.3 Å². The molecule has 27 heavy (non-hydrogen) atoms. The molecule has 1 fully saturated rings. The van der Waals surface area contributed by atoms with Crippen LogP contribution in [-0.2, 0) is 13.1 Å². The second kappa shape index (κ2) is 7.85. The third kappa shape index (κ3) is 4.50. The lowest BCUT2D eigenvalue weighted by atomic mass is 10.2. The van der Waals surface area contributed by atoms with Crippen molar-refractivity contribution in [3.63, 3.8) is 0 Å². The van der Waals surface area contributed by atoms with Crippen LogP contribution >= 0.6 is 0 Å². The van der Waals surface area contributed by atoms with Gasteiger partial charge in [0.1, 0.15) is 11.6 Å². The van der Waals surface area contributed by atoms with E-state index < -0.39 is 0 Å². The van der Waals surface area contributed by atoms with Crippen LogP contribution < -0.4 is 5.56 Å². The first kappa shape index (κ1) is 17.6. The number of benzene rings is 1. The summed E-state index contributed by atoms with van der Waals surface area (Å²) < 4.78 is 5.14. The molecule has 1 aromatic carbocycles. The number of piperazine rings is 1. The normalized spacial score (nSPS) is 15.9. The van der Waals surface area contributed by atoms with Gasteiger partial charge in [0.05, 0.1) is 11.4 Å². The van der Waals surface area contributed by atoms with Crippen LogP contribution in [0.3, 0.4) is 0 Å². The van der Waals surface area contributed by atoms with Crippen molar-refractivity contribution in [2.75, 3.05) is 26.2 Å². The van der Waals surface area contributed by atoms with E-state index in [9.17, 15) is 4.79 Å². The first-order valence-corrected chi connectivity index (χ1v) is 9.18. The topological polar surface area (TPSA) is 78.3 Å². The lowest BCUT2D eigenvalue weighted by molar-refractivity contribution is 0.119. The summed E-state index contributed by atoms with van der Waals surface area (Å²) in [6.07, 6.45) is 0. The SMILES string of the molecule is Cc1cc(CN2CCN(Cc3cc(=O)[nH]c(-c4ccccc4)n3)CC2)no1. The fourth-order valence-corrected chi connectivity index (χ4v) is 3.38. The standard InChI is InChI=1S/C20H23N5O2/c1-15-11-18(23-27-15)14-25-9-7-24(8-10-25)13-17-12-19(26)22-20(21-17)16-5-3-2-4-6-16/h2-6,11-12H,7-10,13-14H2,1H3,(H,21,22,26). The largest absolute Gasteiger partial charge is 0.361 e. The first-order chi connectivity index (χ1) is 13.2. The van der Waals surface area contributed by atoms with Crippen molar-refractivity contribution in [1.82, 2.24) is 24.9 Å². The summed E-state index contributed by atoms with van der Waals surface area (Å²) in [7, 11) is 0. The van der Waals surface area contributed by atoms with E-state index >= 15 is 0 Å². The quantitative estimate of drug-likeness (QED) is 0.746. The number of aromatic amines is 1. The summed E-state index contributed by atoms with van der Waals surface area (Å²) in [4.78, 5) is 24.2. The molecule has 0 aliphatic carbocycles. The van der Waals surface area contributed by atoms with Crippen molar-refractivity contribution in [3.8, 4) is 11.4 Å². The Morgan fingerprint density at radius 3 is 2.30 bits per heavy atom. The van der Waals surface area contributed by atoms with E-state index in [1.54, 1.807) is 6.07 Å². The molecule has 1 saturated heterocycles. The highest BCUT2D eigenvalue weighted by Crippen LogP contribution is 2.14. The molecule has 0 saturated carbocycles. The number of rotatable bonds is 5. The second-order valence-electron chi connectivity index (χ2n) is 6.93. The Morgan fingerprint density at radius 2 is 1.67 bits per heavy atom. The number of aryl methyl sites for hydroxylation is 1. The third-order valence-electron chi connectivity index (χ3n) is 4.75. The average molecular weight is 365 g/mol. The van der Waals surface area contributed by atoms with Gasteiger partial charge in [-0.1, -0.05) is 35.5 Å². The van der Waals surface area contributed by atoms with Gasteiger partial charge in [0.2, 0.25) is 0 Å². The number of aromatic nitrogens is 3. The molecule has 140 valence electrons. The van der Waals surface area contributed by atoms with Gasteiger partial charge in [0.25, 0.3) is 5.56 Å². The minimum Gasteiger partial charge on any atom is -0.361 e. The molecule has 3 aromatic rings. The maximum absolute atomic E-state index is 12.0. The van der Waals surface area contributed by atoms with Gasteiger partial charge >= 0.3 is 0 Å². The van der Waals surface area contributed by atoms with Gasteiger partial charge in [-0.25, -0.2) is 4.98 Å². The summed E-state index contributed by atoms with van der Waals surface area (Å²) >= 11 is 0. The van der Waals surface area contributed by atoms with Crippen LogP contribution in [-0.4, -0.2) is 51.1 Å². The molecule has 1 N–H and O–H groups in total. The van der Waals surface area contributed by atoms with Crippen molar-refractivity contribution in [3.05, 3.63) is 70.0 Å². The lowest BCUT2D eigenvalue weighted by Gasteiger charge is -2.34. The minimum absolute atomic E-state index is 0.112. The molecule has 2 aromatic heterocycles. The van der Waals surface area contributed by atoms with Crippen LogP contribution in [0.15, 0.2) is 51.8 Å². The summed E-state index contributed by atoms with van der Waals surface area (Å²) in [5.74, 6) is 1.47. The van der Waals surface area contributed by atoms with Gasteiger partial charge in [0.15, 0.2) is 0 Å². The molecule has 0 unspecified atom stereocenters. The predicted octanol–water partition coefficient (Wildman–Crippen LogP) is 2.05. The Kier molecular flexibility index (Phi) is 5.13. The van der Waals surface area contributed by atoms with Gasteiger partial charge in [0, 0.05) is 57.0 Å². The molecule has 0 atom stereocenters. The minimum atomic E-state index is -0.112. The Morgan fingerprint density at radius 1 is 1.00 bits per heavy atom. The summed E-state index contributed by atoms with van der Waals surface area (Å²) in [5, 5.41) is 4.07. The lowest BCUT2D eigenvalue weighted by Crippen LogP contribution is -2.45. The van der Waals surface area contributed by atoms with Gasteiger partial charge in [-0.3, -0.25) is 14.6 Å². The third-order valence-corrected chi connectivity index (χ3v) is 4.75. The smallest absolute Gasteiger partial charge is 0.251 e. The Bertz CT molecular complexity index is 942. The van der Waals surface area contributed by atoms with Gasteiger partial charge < -0.3 is 9.51 Å². The van der Waals surface area contributed by atoms with Crippen LogP contribution in [0.25, 0.3) is 11.4 Å². The van der Waals surface area contributed by atoms with E-state index in [4.69, 9.17) is 4.52 Å². The molecule has 0 amide bonds. The average Bonchev–Trinajstić information content (AvgIpc) is 3.08.